The van der Waals surface area contributed by atoms with Crippen molar-refractivity contribution >= 4 is 17.4 Å². The molecule has 0 amide bonds. The highest BCUT2D eigenvalue weighted by molar-refractivity contribution is 6.30. The number of ketones is 1. The molecule has 0 spiro atoms. The van der Waals surface area contributed by atoms with Gasteiger partial charge in [-0.1, -0.05) is 11.6 Å². The molecule has 0 atom stereocenters. The molecule has 2 heterocycles. The molecule has 122 valence electrons. The van der Waals surface area contributed by atoms with E-state index in [1.807, 2.05) is 44.2 Å². The third kappa shape index (κ3) is 3.51. The van der Waals surface area contributed by atoms with Crippen molar-refractivity contribution in [3.05, 3.63) is 52.3 Å². The number of piperidine rings is 1. The predicted octanol–water partition coefficient (Wildman–Crippen LogP) is 4.32. The van der Waals surface area contributed by atoms with Crippen LogP contribution in [0.3, 0.4) is 0 Å². The summed E-state index contributed by atoms with van der Waals surface area (Å²) in [6, 6.07) is 9.76. The van der Waals surface area contributed by atoms with Gasteiger partial charge in [0.25, 0.3) is 0 Å². The van der Waals surface area contributed by atoms with E-state index in [0.717, 1.165) is 53.6 Å². The van der Waals surface area contributed by atoms with Crippen LogP contribution in [0.25, 0.3) is 5.69 Å². The van der Waals surface area contributed by atoms with E-state index in [1.54, 1.807) is 0 Å². The molecule has 1 aliphatic rings. The van der Waals surface area contributed by atoms with E-state index in [1.165, 1.54) is 0 Å². The number of carbonyl (C=O) groups is 1. The van der Waals surface area contributed by atoms with Crippen LogP contribution >= 0.6 is 11.6 Å². The highest BCUT2D eigenvalue weighted by Crippen LogP contribution is 2.25. The van der Waals surface area contributed by atoms with Crippen LogP contribution in [-0.4, -0.2) is 23.4 Å². The number of rotatable bonds is 4. The second kappa shape index (κ2) is 6.90. The van der Waals surface area contributed by atoms with E-state index in [-0.39, 0.29) is 5.78 Å². The van der Waals surface area contributed by atoms with Gasteiger partial charge in [-0.05, 0) is 76.0 Å². The van der Waals surface area contributed by atoms with Gasteiger partial charge in [-0.3, -0.25) is 4.79 Å². The molecule has 23 heavy (non-hydrogen) atoms. The minimum atomic E-state index is 0.269. The van der Waals surface area contributed by atoms with E-state index < -0.39 is 0 Å². The summed E-state index contributed by atoms with van der Waals surface area (Å²) in [4.78, 5) is 12.7. The van der Waals surface area contributed by atoms with Gasteiger partial charge in [0.15, 0.2) is 5.78 Å². The second-order valence-corrected chi connectivity index (χ2v) is 6.85. The maximum absolute atomic E-state index is 12.7. The molecule has 2 aromatic rings. The lowest BCUT2D eigenvalue weighted by Crippen LogP contribution is -2.29. The van der Waals surface area contributed by atoms with Crippen molar-refractivity contribution in [1.29, 1.82) is 0 Å². The maximum Gasteiger partial charge on any atom is 0.164 e. The van der Waals surface area contributed by atoms with Crippen molar-refractivity contribution in [2.75, 3.05) is 13.1 Å². The van der Waals surface area contributed by atoms with Crippen molar-refractivity contribution in [2.45, 2.75) is 33.1 Å². The fourth-order valence-corrected chi connectivity index (χ4v) is 3.62. The number of hydrogen-bond acceptors (Lipinski definition) is 2. The van der Waals surface area contributed by atoms with Gasteiger partial charge >= 0.3 is 0 Å². The topological polar surface area (TPSA) is 34.0 Å². The molecule has 0 unspecified atom stereocenters. The number of aromatic nitrogens is 1. The normalized spacial score (nSPS) is 15.8. The molecule has 0 saturated carbocycles. The largest absolute Gasteiger partial charge is 0.318 e. The Hall–Kier alpha value is -1.58. The summed E-state index contributed by atoms with van der Waals surface area (Å²) in [5, 5.41) is 4.07. The summed E-state index contributed by atoms with van der Waals surface area (Å²) in [7, 11) is 0. The lowest BCUT2D eigenvalue weighted by Gasteiger charge is -2.21. The van der Waals surface area contributed by atoms with Crippen LogP contribution in [0.4, 0.5) is 0 Å². The third-order valence-electron chi connectivity index (χ3n) is 4.75. The first-order valence-corrected chi connectivity index (χ1v) is 8.63. The number of hydrogen-bond donors (Lipinski definition) is 1. The summed E-state index contributed by atoms with van der Waals surface area (Å²) >= 11 is 5.97. The van der Waals surface area contributed by atoms with Gasteiger partial charge in [0, 0.05) is 34.1 Å². The van der Waals surface area contributed by atoms with Crippen LogP contribution in [0, 0.1) is 19.8 Å². The van der Waals surface area contributed by atoms with Gasteiger partial charge in [0.1, 0.15) is 0 Å². The van der Waals surface area contributed by atoms with Gasteiger partial charge in [0.2, 0.25) is 0 Å². The Labute approximate surface area is 142 Å². The minimum Gasteiger partial charge on any atom is -0.318 e. The van der Waals surface area contributed by atoms with Crippen LogP contribution in [0.1, 0.15) is 41.0 Å². The molecule has 4 heteroatoms. The van der Waals surface area contributed by atoms with Crippen LogP contribution in [0.15, 0.2) is 30.3 Å². The zero-order valence-corrected chi connectivity index (χ0v) is 14.5. The lowest BCUT2D eigenvalue weighted by molar-refractivity contribution is 0.0952. The first-order valence-electron chi connectivity index (χ1n) is 8.25. The van der Waals surface area contributed by atoms with Crippen LogP contribution in [-0.2, 0) is 0 Å². The molecule has 3 rings (SSSR count). The van der Waals surface area contributed by atoms with Gasteiger partial charge in [-0.15, -0.1) is 0 Å². The number of Topliss-reactive ketones (excluding diaryl/α,β-unsaturated/α-hetero) is 1. The van der Waals surface area contributed by atoms with E-state index in [9.17, 15) is 4.79 Å². The van der Waals surface area contributed by atoms with E-state index in [2.05, 4.69) is 9.88 Å². The number of benzene rings is 1. The average Bonchev–Trinajstić information content (AvgIpc) is 2.84. The van der Waals surface area contributed by atoms with Gasteiger partial charge < -0.3 is 9.88 Å². The second-order valence-electron chi connectivity index (χ2n) is 6.42. The molecule has 0 aliphatic carbocycles. The smallest absolute Gasteiger partial charge is 0.164 e. The highest BCUT2D eigenvalue weighted by atomic mass is 35.5. The Morgan fingerprint density at radius 3 is 2.52 bits per heavy atom. The third-order valence-corrected chi connectivity index (χ3v) is 5.00. The maximum atomic E-state index is 12.7. The van der Waals surface area contributed by atoms with Crippen molar-refractivity contribution in [3.63, 3.8) is 0 Å². The van der Waals surface area contributed by atoms with Crippen molar-refractivity contribution < 1.29 is 4.79 Å². The standard InChI is InChI=1S/C19H23ClN2O/c1-13-11-18(19(23)12-15-7-9-21-10-8-15)14(2)22(13)17-5-3-16(20)4-6-17/h3-6,11,15,21H,7-10,12H2,1-2H3. The Morgan fingerprint density at radius 2 is 1.87 bits per heavy atom. The fourth-order valence-electron chi connectivity index (χ4n) is 3.49. The van der Waals surface area contributed by atoms with E-state index in [4.69, 9.17) is 11.6 Å². The minimum absolute atomic E-state index is 0.269. The molecule has 1 N–H and O–H groups in total. The number of halogens is 1. The van der Waals surface area contributed by atoms with Crippen LogP contribution < -0.4 is 5.32 Å². The van der Waals surface area contributed by atoms with Gasteiger partial charge in [-0.2, -0.15) is 0 Å². The Bertz CT molecular complexity index is 697. The quantitative estimate of drug-likeness (QED) is 0.847. The zero-order valence-electron chi connectivity index (χ0n) is 13.7. The number of nitrogens with one attached hydrogen (secondary N) is 1. The zero-order chi connectivity index (χ0) is 16.4. The first kappa shape index (κ1) is 16.3. The Kier molecular flexibility index (Phi) is 4.88. The number of carbonyl (C=O) groups excluding carboxylic acids is 1. The molecular weight excluding hydrogens is 308 g/mol. The summed E-state index contributed by atoms with van der Waals surface area (Å²) in [5.74, 6) is 0.785. The van der Waals surface area contributed by atoms with Crippen LogP contribution in [0.5, 0.6) is 0 Å². The number of nitrogens with zero attached hydrogens (tertiary/aromatic N) is 1. The Balaban J connectivity index is 1.85. The molecule has 1 fully saturated rings. The van der Waals surface area contributed by atoms with E-state index in [0.29, 0.717) is 12.3 Å². The van der Waals surface area contributed by atoms with Crippen molar-refractivity contribution in [2.24, 2.45) is 5.92 Å². The molecule has 1 aliphatic heterocycles. The van der Waals surface area contributed by atoms with Gasteiger partial charge in [-0.25, -0.2) is 0 Å². The predicted molar refractivity (Wildman–Crippen MR) is 94.8 cm³/mol. The summed E-state index contributed by atoms with van der Waals surface area (Å²) in [6.07, 6.45) is 2.86. The monoisotopic (exact) mass is 330 g/mol. The fraction of sp³-hybridized carbons (Fsp3) is 0.421. The SMILES string of the molecule is Cc1cc(C(=O)CC2CCNCC2)c(C)n1-c1ccc(Cl)cc1. The molecule has 1 aromatic carbocycles. The molecule has 0 radical (unpaired) electrons. The molecule has 3 nitrogen and oxygen atoms in total. The highest BCUT2D eigenvalue weighted by Gasteiger charge is 2.21. The van der Waals surface area contributed by atoms with Crippen molar-refractivity contribution in [3.8, 4) is 5.69 Å². The summed E-state index contributed by atoms with van der Waals surface area (Å²) < 4.78 is 2.13. The average molecular weight is 331 g/mol. The lowest BCUT2D eigenvalue weighted by atomic mass is 9.90. The summed E-state index contributed by atoms with van der Waals surface area (Å²) in [6.45, 7) is 6.13. The molecular formula is C19H23ClN2O. The van der Waals surface area contributed by atoms with Crippen LogP contribution in [0.2, 0.25) is 5.02 Å². The number of aryl methyl sites for hydroxylation is 1. The Morgan fingerprint density at radius 1 is 1.22 bits per heavy atom. The van der Waals surface area contributed by atoms with E-state index >= 15 is 0 Å². The molecule has 0 bridgehead atoms. The van der Waals surface area contributed by atoms with Crippen molar-refractivity contribution in [1.82, 2.24) is 9.88 Å². The molecule has 1 aromatic heterocycles. The van der Waals surface area contributed by atoms with Gasteiger partial charge in [0.05, 0.1) is 0 Å². The first-order chi connectivity index (χ1) is 11.1. The molecule has 1 saturated heterocycles. The summed E-state index contributed by atoms with van der Waals surface area (Å²) in [5.41, 5.74) is 4.00.